The Labute approximate surface area is 165 Å². The second kappa shape index (κ2) is 9.75. The van der Waals surface area contributed by atoms with E-state index in [0.717, 1.165) is 11.1 Å². The van der Waals surface area contributed by atoms with Crippen molar-refractivity contribution >= 4 is 17.6 Å². The molecule has 2 aromatic carbocycles. The van der Waals surface area contributed by atoms with E-state index in [1.165, 1.54) is 7.11 Å². The molecule has 0 radical (unpaired) electrons. The first-order valence-electron chi connectivity index (χ1n) is 8.76. The molecule has 0 saturated carbocycles. The SMILES string of the molecule is COC(=O)c1ccc(NC(=O)CN(C)Cc2cc(OC)c(OC)cc2C)cc1. The minimum absolute atomic E-state index is 0.147. The zero-order valence-electron chi connectivity index (χ0n) is 16.9. The van der Waals surface area contributed by atoms with Crippen molar-refractivity contribution in [1.29, 1.82) is 0 Å². The summed E-state index contributed by atoms with van der Waals surface area (Å²) in [6.07, 6.45) is 0. The highest BCUT2D eigenvalue weighted by Gasteiger charge is 2.13. The molecule has 150 valence electrons. The summed E-state index contributed by atoms with van der Waals surface area (Å²) in [5.41, 5.74) is 3.16. The lowest BCUT2D eigenvalue weighted by atomic mass is 10.1. The van der Waals surface area contributed by atoms with Gasteiger partial charge in [0.25, 0.3) is 0 Å². The van der Waals surface area contributed by atoms with E-state index in [0.29, 0.717) is 29.3 Å². The molecule has 7 heteroatoms. The molecule has 28 heavy (non-hydrogen) atoms. The maximum atomic E-state index is 12.3. The van der Waals surface area contributed by atoms with Crippen LogP contribution in [0.3, 0.4) is 0 Å². The average molecular weight is 386 g/mol. The quantitative estimate of drug-likeness (QED) is 0.703. The normalized spacial score (nSPS) is 10.5. The molecule has 1 amide bonds. The number of hydrogen-bond acceptors (Lipinski definition) is 6. The fourth-order valence-electron chi connectivity index (χ4n) is 2.79. The molecule has 0 bridgehead atoms. The minimum Gasteiger partial charge on any atom is -0.493 e. The highest BCUT2D eigenvalue weighted by atomic mass is 16.5. The van der Waals surface area contributed by atoms with Gasteiger partial charge < -0.3 is 19.5 Å². The first kappa shape index (κ1) is 21.2. The third-order valence-electron chi connectivity index (χ3n) is 4.29. The first-order chi connectivity index (χ1) is 13.4. The molecule has 2 aromatic rings. The van der Waals surface area contributed by atoms with Crippen molar-refractivity contribution < 1.29 is 23.8 Å². The highest BCUT2D eigenvalue weighted by Crippen LogP contribution is 2.30. The van der Waals surface area contributed by atoms with E-state index < -0.39 is 5.97 Å². The molecule has 0 unspecified atom stereocenters. The largest absolute Gasteiger partial charge is 0.493 e. The van der Waals surface area contributed by atoms with Gasteiger partial charge in [-0.2, -0.15) is 0 Å². The van der Waals surface area contributed by atoms with Gasteiger partial charge in [0, 0.05) is 12.2 Å². The summed E-state index contributed by atoms with van der Waals surface area (Å²) in [5.74, 6) is 0.778. The Bertz CT molecular complexity index is 833. The number of esters is 1. The number of ether oxygens (including phenoxy) is 3. The number of amides is 1. The van der Waals surface area contributed by atoms with E-state index in [1.807, 2.05) is 31.0 Å². The molecule has 0 atom stereocenters. The van der Waals surface area contributed by atoms with Crippen molar-refractivity contribution in [2.45, 2.75) is 13.5 Å². The maximum absolute atomic E-state index is 12.3. The van der Waals surface area contributed by atoms with Crippen molar-refractivity contribution in [3.05, 3.63) is 53.1 Å². The Balaban J connectivity index is 1.96. The summed E-state index contributed by atoms with van der Waals surface area (Å²) in [6.45, 7) is 2.79. The van der Waals surface area contributed by atoms with Crippen molar-refractivity contribution in [2.24, 2.45) is 0 Å². The maximum Gasteiger partial charge on any atom is 0.337 e. The lowest BCUT2D eigenvalue weighted by Crippen LogP contribution is -2.30. The number of carbonyl (C=O) groups excluding carboxylic acids is 2. The van der Waals surface area contributed by atoms with Crippen LogP contribution < -0.4 is 14.8 Å². The predicted molar refractivity (Wildman–Crippen MR) is 107 cm³/mol. The first-order valence-corrected chi connectivity index (χ1v) is 8.76. The zero-order chi connectivity index (χ0) is 20.7. The number of rotatable bonds is 8. The molecule has 0 fully saturated rings. The lowest BCUT2D eigenvalue weighted by molar-refractivity contribution is -0.117. The van der Waals surface area contributed by atoms with Gasteiger partial charge in [-0.3, -0.25) is 9.69 Å². The number of anilines is 1. The van der Waals surface area contributed by atoms with Crippen LogP contribution in [0.4, 0.5) is 5.69 Å². The van der Waals surface area contributed by atoms with Crippen LogP contribution in [0.1, 0.15) is 21.5 Å². The molecule has 1 N–H and O–H groups in total. The number of carbonyl (C=O) groups is 2. The number of methoxy groups -OCH3 is 3. The summed E-state index contributed by atoms with van der Waals surface area (Å²) < 4.78 is 15.3. The Hall–Kier alpha value is -3.06. The van der Waals surface area contributed by atoms with Crippen molar-refractivity contribution in [3.8, 4) is 11.5 Å². The zero-order valence-corrected chi connectivity index (χ0v) is 16.9. The van der Waals surface area contributed by atoms with Crippen LogP contribution >= 0.6 is 0 Å². The summed E-state index contributed by atoms with van der Waals surface area (Å²) >= 11 is 0. The van der Waals surface area contributed by atoms with Gasteiger partial charge in [0.15, 0.2) is 11.5 Å². The fraction of sp³-hybridized carbons (Fsp3) is 0.333. The molecule has 0 spiro atoms. The van der Waals surface area contributed by atoms with Gasteiger partial charge in [-0.1, -0.05) is 0 Å². The average Bonchev–Trinajstić information content (AvgIpc) is 2.68. The van der Waals surface area contributed by atoms with Gasteiger partial charge >= 0.3 is 5.97 Å². The van der Waals surface area contributed by atoms with Gasteiger partial charge in [0.2, 0.25) is 5.91 Å². The van der Waals surface area contributed by atoms with Gasteiger partial charge in [-0.25, -0.2) is 4.79 Å². The standard InChI is InChI=1S/C21H26N2O5/c1-14-10-18(26-3)19(27-4)11-16(14)12-23(2)13-20(24)22-17-8-6-15(7-9-17)21(25)28-5/h6-11H,12-13H2,1-5H3,(H,22,24). The summed E-state index contributed by atoms with van der Waals surface area (Å²) in [7, 11) is 6.40. The molecule has 0 saturated heterocycles. The molecule has 0 aliphatic heterocycles. The van der Waals surface area contributed by atoms with E-state index in [9.17, 15) is 9.59 Å². The van der Waals surface area contributed by atoms with Crippen LogP contribution in [0, 0.1) is 6.92 Å². The molecular weight excluding hydrogens is 360 g/mol. The number of aryl methyl sites for hydroxylation is 1. The molecule has 7 nitrogen and oxygen atoms in total. The topological polar surface area (TPSA) is 77.1 Å². The van der Waals surface area contributed by atoms with Crippen LogP contribution in [0.25, 0.3) is 0 Å². The van der Waals surface area contributed by atoms with Crippen molar-refractivity contribution in [2.75, 3.05) is 40.2 Å². The van der Waals surface area contributed by atoms with Crippen molar-refractivity contribution in [3.63, 3.8) is 0 Å². The molecule has 0 heterocycles. The van der Waals surface area contributed by atoms with E-state index in [4.69, 9.17) is 9.47 Å². The number of hydrogen-bond donors (Lipinski definition) is 1. The Morgan fingerprint density at radius 3 is 2.18 bits per heavy atom. The van der Waals surface area contributed by atoms with E-state index >= 15 is 0 Å². The smallest absolute Gasteiger partial charge is 0.337 e. The molecule has 2 rings (SSSR count). The van der Waals surface area contributed by atoms with Crippen LogP contribution in [0.15, 0.2) is 36.4 Å². The third-order valence-corrected chi connectivity index (χ3v) is 4.29. The Morgan fingerprint density at radius 1 is 1.00 bits per heavy atom. The van der Waals surface area contributed by atoms with Gasteiger partial charge in [0.1, 0.15) is 0 Å². The summed E-state index contributed by atoms with van der Waals surface area (Å²) in [4.78, 5) is 25.7. The lowest BCUT2D eigenvalue weighted by Gasteiger charge is -2.19. The van der Waals surface area contributed by atoms with Crippen molar-refractivity contribution in [1.82, 2.24) is 4.90 Å². The molecule has 0 aromatic heterocycles. The second-order valence-electron chi connectivity index (χ2n) is 6.42. The highest BCUT2D eigenvalue weighted by molar-refractivity contribution is 5.93. The van der Waals surface area contributed by atoms with Gasteiger partial charge in [-0.05, 0) is 61.5 Å². The van der Waals surface area contributed by atoms with Crippen LogP contribution in [-0.2, 0) is 16.1 Å². The Morgan fingerprint density at radius 2 is 1.61 bits per heavy atom. The van der Waals surface area contributed by atoms with Gasteiger partial charge in [0.05, 0.1) is 33.4 Å². The third kappa shape index (κ3) is 5.47. The van der Waals surface area contributed by atoms with E-state index in [1.54, 1.807) is 38.5 Å². The number of likely N-dealkylation sites (N-methyl/N-ethyl adjacent to an activating group) is 1. The summed E-state index contributed by atoms with van der Waals surface area (Å²) in [6, 6.07) is 10.4. The van der Waals surface area contributed by atoms with Crippen LogP contribution in [0.2, 0.25) is 0 Å². The molecule has 0 aliphatic carbocycles. The summed E-state index contributed by atoms with van der Waals surface area (Å²) in [5, 5.41) is 2.82. The number of nitrogens with one attached hydrogen (secondary N) is 1. The fourth-order valence-corrected chi connectivity index (χ4v) is 2.79. The second-order valence-corrected chi connectivity index (χ2v) is 6.42. The Kier molecular flexibility index (Phi) is 7.40. The van der Waals surface area contributed by atoms with Crippen LogP contribution in [-0.4, -0.2) is 51.7 Å². The molecular formula is C21H26N2O5. The monoisotopic (exact) mass is 386 g/mol. The van der Waals surface area contributed by atoms with E-state index in [2.05, 4.69) is 10.1 Å². The van der Waals surface area contributed by atoms with Gasteiger partial charge in [-0.15, -0.1) is 0 Å². The number of nitrogens with zero attached hydrogens (tertiary/aromatic N) is 1. The molecule has 0 aliphatic rings. The van der Waals surface area contributed by atoms with E-state index in [-0.39, 0.29) is 12.5 Å². The number of benzene rings is 2. The predicted octanol–water partition coefficient (Wildman–Crippen LogP) is 2.87. The minimum atomic E-state index is -0.414. The van der Waals surface area contributed by atoms with Crippen LogP contribution in [0.5, 0.6) is 11.5 Å².